The van der Waals surface area contributed by atoms with Crippen LogP contribution in [0.3, 0.4) is 0 Å². The molecule has 0 spiro atoms. The van der Waals surface area contributed by atoms with Crippen molar-refractivity contribution < 1.29 is 14.8 Å². The van der Waals surface area contributed by atoms with Gasteiger partial charge in [-0.15, -0.1) is 0 Å². The van der Waals surface area contributed by atoms with Gasteiger partial charge in [0.05, 0.1) is 4.92 Å². The van der Waals surface area contributed by atoms with Crippen LogP contribution in [0.15, 0.2) is 12.3 Å². The molecule has 0 aromatic carbocycles. The van der Waals surface area contributed by atoms with Crippen molar-refractivity contribution in [3.63, 3.8) is 0 Å². The number of pyridine rings is 1. The molecule has 0 saturated carbocycles. The minimum Gasteiger partial charge on any atom is -0.478 e. The topological polar surface area (TPSA) is 109 Å². The SMILES string of the molecule is O=C(O)c1cc([N+](=O)[O-])cnc1NC1CCN2CCCC12. The molecule has 2 fully saturated rings. The standard InChI is InChI=1S/C13H16N4O4/c18-13(19)9-6-8(17(20)21)7-14-12(9)15-10-3-5-16-4-1-2-11(10)16/h6-7,10-11H,1-5H2,(H,14,15)(H,18,19). The predicted octanol–water partition coefficient (Wildman–Crippen LogP) is 1.34. The minimum absolute atomic E-state index is 0.152. The molecular weight excluding hydrogens is 276 g/mol. The Morgan fingerprint density at radius 1 is 1.48 bits per heavy atom. The molecule has 3 rings (SSSR count). The highest BCUT2D eigenvalue weighted by Gasteiger charge is 2.37. The van der Waals surface area contributed by atoms with Gasteiger partial charge < -0.3 is 10.4 Å². The summed E-state index contributed by atoms with van der Waals surface area (Å²) in [5, 5.41) is 23.1. The molecule has 0 aliphatic carbocycles. The van der Waals surface area contributed by atoms with Gasteiger partial charge >= 0.3 is 5.97 Å². The zero-order valence-electron chi connectivity index (χ0n) is 11.4. The van der Waals surface area contributed by atoms with Crippen molar-refractivity contribution in [2.45, 2.75) is 31.3 Å². The van der Waals surface area contributed by atoms with Crippen LogP contribution in [0.5, 0.6) is 0 Å². The van der Waals surface area contributed by atoms with E-state index < -0.39 is 10.9 Å². The lowest BCUT2D eigenvalue weighted by atomic mass is 10.1. The highest BCUT2D eigenvalue weighted by Crippen LogP contribution is 2.31. The molecular formula is C13H16N4O4. The number of hydrogen-bond donors (Lipinski definition) is 2. The fourth-order valence-electron chi connectivity index (χ4n) is 3.26. The summed E-state index contributed by atoms with van der Waals surface area (Å²) in [4.78, 5) is 27.7. The normalized spacial score (nSPS) is 24.8. The predicted molar refractivity (Wildman–Crippen MR) is 74.5 cm³/mol. The van der Waals surface area contributed by atoms with Crippen molar-refractivity contribution in [3.8, 4) is 0 Å². The van der Waals surface area contributed by atoms with Crippen molar-refractivity contribution in [1.29, 1.82) is 0 Å². The quantitative estimate of drug-likeness (QED) is 0.636. The van der Waals surface area contributed by atoms with Gasteiger partial charge in [-0.3, -0.25) is 15.0 Å². The third-order valence-corrected chi connectivity index (χ3v) is 4.24. The molecule has 0 radical (unpaired) electrons. The molecule has 8 heteroatoms. The summed E-state index contributed by atoms with van der Waals surface area (Å²) in [6, 6.07) is 1.61. The van der Waals surface area contributed by atoms with E-state index in [1.54, 1.807) is 0 Å². The van der Waals surface area contributed by atoms with Crippen molar-refractivity contribution in [2.24, 2.45) is 0 Å². The summed E-state index contributed by atoms with van der Waals surface area (Å²) >= 11 is 0. The number of hydrogen-bond acceptors (Lipinski definition) is 6. The maximum Gasteiger partial charge on any atom is 0.339 e. The molecule has 2 unspecified atom stereocenters. The Kier molecular flexibility index (Phi) is 3.46. The molecule has 1 aromatic rings. The van der Waals surface area contributed by atoms with Crippen LogP contribution >= 0.6 is 0 Å². The first kappa shape index (κ1) is 13.7. The van der Waals surface area contributed by atoms with E-state index in [2.05, 4.69) is 15.2 Å². The minimum atomic E-state index is -1.21. The van der Waals surface area contributed by atoms with Gasteiger partial charge in [-0.2, -0.15) is 0 Å². The van der Waals surface area contributed by atoms with Gasteiger partial charge in [-0.05, 0) is 25.8 Å². The zero-order chi connectivity index (χ0) is 15.0. The lowest BCUT2D eigenvalue weighted by molar-refractivity contribution is -0.385. The van der Waals surface area contributed by atoms with E-state index >= 15 is 0 Å². The van der Waals surface area contributed by atoms with Gasteiger partial charge in [-0.25, -0.2) is 9.78 Å². The van der Waals surface area contributed by atoms with Crippen LogP contribution in [0.1, 0.15) is 29.6 Å². The summed E-state index contributed by atoms with van der Waals surface area (Å²) < 4.78 is 0. The summed E-state index contributed by atoms with van der Waals surface area (Å²) in [6.07, 6.45) is 4.27. The third kappa shape index (κ3) is 2.54. The average molecular weight is 292 g/mol. The number of carboxylic acid groups (broad SMARTS) is 1. The molecule has 21 heavy (non-hydrogen) atoms. The van der Waals surface area contributed by atoms with Gasteiger partial charge in [0.15, 0.2) is 0 Å². The second-order valence-electron chi connectivity index (χ2n) is 5.44. The molecule has 2 aliphatic heterocycles. The lowest BCUT2D eigenvalue weighted by Crippen LogP contribution is -2.34. The number of nitrogens with one attached hydrogen (secondary N) is 1. The number of aromatic carboxylic acids is 1. The van der Waals surface area contributed by atoms with Gasteiger partial charge in [0.1, 0.15) is 17.6 Å². The van der Waals surface area contributed by atoms with Crippen LogP contribution in [-0.4, -0.2) is 51.1 Å². The van der Waals surface area contributed by atoms with Crippen molar-refractivity contribution >= 4 is 17.5 Å². The maximum absolute atomic E-state index is 11.3. The Hall–Kier alpha value is -2.22. The molecule has 8 nitrogen and oxygen atoms in total. The second-order valence-corrected chi connectivity index (χ2v) is 5.44. The number of anilines is 1. The highest BCUT2D eigenvalue weighted by atomic mass is 16.6. The zero-order valence-corrected chi connectivity index (χ0v) is 11.4. The summed E-state index contributed by atoms with van der Waals surface area (Å²) in [5.41, 5.74) is -0.465. The van der Waals surface area contributed by atoms with E-state index in [1.807, 2.05) is 0 Å². The fraction of sp³-hybridized carbons (Fsp3) is 0.538. The lowest BCUT2D eigenvalue weighted by Gasteiger charge is -2.22. The number of nitro groups is 1. The first-order valence-corrected chi connectivity index (χ1v) is 6.94. The first-order valence-electron chi connectivity index (χ1n) is 6.94. The van der Waals surface area contributed by atoms with E-state index in [4.69, 9.17) is 0 Å². The fourth-order valence-corrected chi connectivity index (χ4v) is 3.26. The number of nitrogens with zero attached hydrogens (tertiary/aromatic N) is 3. The third-order valence-electron chi connectivity index (χ3n) is 4.24. The Bertz CT molecular complexity index is 592. The largest absolute Gasteiger partial charge is 0.478 e. The number of carboxylic acids is 1. The van der Waals surface area contributed by atoms with Crippen LogP contribution < -0.4 is 5.32 Å². The van der Waals surface area contributed by atoms with E-state index in [0.717, 1.165) is 44.6 Å². The summed E-state index contributed by atoms with van der Waals surface area (Å²) in [7, 11) is 0. The van der Waals surface area contributed by atoms with Gasteiger partial charge in [0.2, 0.25) is 0 Å². The Labute approximate surface area is 120 Å². The smallest absolute Gasteiger partial charge is 0.339 e. The van der Waals surface area contributed by atoms with Crippen LogP contribution in [0, 0.1) is 10.1 Å². The van der Waals surface area contributed by atoms with Crippen molar-refractivity contribution in [3.05, 3.63) is 27.9 Å². The van der Waals surface area contributed by atoms with Crippen molar-refractivity contribution in [1.82, 2.24) is 9.88 Å². The van der Waals surface area contributed by atoms with E-state index in [1.165, 1.54) is 0 Å². The highest BCUT2D eigenvalue weighted by molar-refractivity contribution is 5.93. The Balaban J connectivity index is 1.84. The van der Waals surface area contributed by atoms with E-state index in [-0.39, 0.29) is 23.1 Å². The molecule has 0 bridgehead atoms. The molecule has 2 aliphatic rings. The number of carbonyl (C=O) groups is 1. The van der Waals surface area contributed by atoms with Gasteiger partial charge in [0, 0.05) is 24.7 Å². The first-order chi connectivity index (χ1) is 10.1. The number of aromatic nitrogens is 1. The van der Waals surface area contributed by atoms with Crippen LogP contribution in [0.2, 0.25) is 0 Å². The van der Waals surface area contributed by atoms with Crippen LogP contribution in [-0.2, 0) is 0 Å². The molecule has 0 amide bonds. The average Bonchev–Trinajstić information content (AvgIpc) is 3.03. The number of rotatable bonds is 4. The second kappa shape index (κ2) is 5.28. The van der Waals surface area contributed by atoms with E-state index in [0.29, 0.717) is 6.04 Å². The summed E-state index contributed by atoms with van der Waals surface area (Å²) in [6.45, 7) is 2.08. The monoisotopic (exact) mass is 292 g/mol. The summed E-state index contributed by atoms with van der Waals surface area (Å²) in [5.74, 6) is -0.998. The van der Waals surface area contributed by atoms with Crippen molar-refractivity contribution in [2.75, 3.05) is 18.4 Å². The van der Waals surface area contributed by atoms with E-state index in [9.17, 15) is 20.0 Å². The molecule has 1 aromatic heterocycles. The maximum atomic E-state index is 11.3. The number of fused-ring (bicyclic) bond motifs is 1. The molecule has 2 saturated heterocycles. The van der Waals surface area contributed by atoms with Crippen LogP contribution in [0.4, 0.5) is 11.5 Å². The molecule has 2 N–H and O–H groups in total. The molecule has 112 valence electrons. The van der Waals surface area contributed by atoms with Crippen LogP contribution in [0.25, 0.3) is 0 Å². The Morgan fingerprint density at radius 2 is 2.29 bits per heavy atom. The molecule has 3 heterocycles. The van der Waals surface area contributed by atoms with Gasteiger partial charge in [0.25, 0.3) is 5.69 Å². The Morgan fingerprint density at radius 3 is 3.00 bits per heavy atom. The van der Waals surface area contributed by atoms with Gasteiger partial charge in [-0.1, -0.05) is 0 Å². The molecule has 2 atom stereocenters.